The van der Waals surface area contributed by atoms with Crippen molar-refractivity contribution < 1.29 is 14.3 Å². The van der Waals surface area contributed by atoms with Crippen molar-refractivity contribution in [1.82, 2.24) is 35.5 Å². The molecule has 0 spiro atoms. The van der Waals surface area contributed by atoms with E-state index >= 15 is 0 Å². The fourth-order valence-electron chi connectivity index (χ4n) is 2.30. The predicted molar refractivity (Wildman–Crippen MR) is 110 cm³/mol. The monoisotopic (exact) mass is 430 g/mol. The lowest BCUT2D eigenvalue weighted by molar-refractivity contribution is 0.0523. The largest absolute Gasteiger partial charge is 0.444 e. The lowest BCUT2D eigenvalue weighted by Gasteiger charge is -2.19. The van der Waals surface area contributed by atoms with Gasteiger partial charge in [0, 0.05) is 12.4 Å². The number of hydrogen-bond acceptors (Lipinski definition) is 9. The molecule has 0 bridgehead atoms. The van der Waals surface area contributed by atoms with Crippen molar-refractivity contribution in [2.24, 2.45) is 0 Å². The second kappa shape index (κ2) is 8.86. The molecule has 3 aromatic heterocycles. The molecule has 0 atom stereocenters. The number of nitrogens with one attached hydrogen (secondary N) is 3. The number of amides is 2. The van der Waals surface area contributed by atoms with Gasteiger partial charge in [-0.1, -0.05) is 0 Å². The van der Waals surface area contributed by atoms with Crippen LogP contribution in [-0.4, -0.2) is 42.3 Å². The standard InChI is InChI=1S/C18H22N8O3S/c1-11-15(30-14(21-11)9-20-17(28)29-18(2,3)4)16(27)25-23-12-5-6-13(24-22-12)26-8-7-19-10-26/h5-8,10H,9H2,1-4H3,(H,20,28)(H,22,23)(H,25,27). The molecule has 3 rings (SSSR count). The van der Waals surface area contributed by atoms with Crippen LogP contribution in [0.2, 0.25) is 0 Å². The Morgan fingerprint density at radius 1 is 1.23 bits per heavy atom. The minimum Gasteiger partial charge on any atom is -0.444 e. The first-order valence-electron chi connectivity index (χ1n) is 9.03. The number of alkyl carbamates (subject to hydrolysis) is 1. The molecule has 0 radical (unpaired) electrons. The molecule has 3 heterocycles. The third-order valence-corrected chi connectivity index (χ3v) is 4.71. The maximum atomic E-state index is 12.5. The van der Waals surface area contributed by atoms with Crippen LogP contribution in [0.5, 0.6) is 0 Å². The van der Waals surface area contributed by atoms with Crippen LogP contribution in [0.3, 0.4) is 0 Å². The third kappa shape index (κ3) is 5.73. The summed E-state index contributed by atoms with van der Waals surface area (Å²) in [7, 11) is 0. The molecule has 0 saturated heterocycles. The minimum atomic E-state index is -0.584. The number of carbonyl (C=O) groups excluding carboxylic acids is 2. The number of ether oxygens (including phenoxy) is 1. The Hall–Kier alpha value is -3.54. The molecule has 12 heteroatoms. The van der Waals surface area contributed by atoms with Gasteiger partial charge in [0.15, 0.2) is 11.6 Å². The number of hydrazine groups is 1. The Labute approximate surface area is 176 Å². The van der Waals surface area contributed by atoms with E-state index < -0.39 is 11.7 Å². The van der Waals surface area contributed by atoms with E-state index in [2.05, 4.69) is 36.3 Å². The summed E-state index contributed by atoms with van der Waals surface area (Å²) in [4.78, 5) is 32.9. The van der Waals surface area contributed by atoms with E-state index in [0.717, 1.165) is 0 Å². The number of thiazole rings is 1. The molecule has 0 aliphatic rings. The Balaban J connectivity index is 1.53. The summed E-state index contributed by atoms with van der Waals surface area (Å²) in [5.74, 6) is 0.611. The highest BCUT2D eigenvalue weighted by Gasteiger charge is 2.18. The highest BCUT2D eigenvalue weighted by molar-refractivity contribution is 7.13. The van der Waals surface area contributed by atoms with Gasteiger partial charge in [0.2, 0.25) is 0 Å². The summed E-state index contributed by atoms with van der Waals surface area (Å²) in [6.07, 6.45) is 4.46. The molecule has 0 aromatic carbocycles. The molecule has 0 aliphatic heterocycles. The Morgan fingerprint density at radius 3 is 2.67 bits per heavy atom. The van der Waals surface area contributed by atoms with Gasteiger partial charge in [-0.3, -0.25) is 20.2 Å². The second-order valence-corrected chi connectivity index (χ2v) is 8.29. The van der Waals surface area contributed by atoms with Crippen LogP contribution in [0.15, 0.2) is 30.9 Å². The summed E-state index contributed by atoms with van der Waals surface area (Å²) < 4.78 is 6.89. The molecular weight excluding hydrogens is 408 g/mol. The van der Waals surface area contributed by atoms with Gasteiger partial charge >= 0.3 is 6.09 Å². The van der Waals surface area contributed by atoms with Crippen LogP contribution in [0.25, 0.3) is 5.82 Å². The van der Waals surface area contributed by atoms with E-state index in [1.807, 2.05) is 0 Å². The fraction of sp³-hybridized carbons (Fsp3) is 0.333. The maximum Gasteiger partial charge on any atom is 0.408 e. The molecule has 30 heavy (non-hydrogen) atoms. The Morgan fingerprint density at radius 2 is 2.03 bits per heavy atom. The smallest absolute Gasteiger partial charge is 0.408 e. The molecule has 158 valence electrons. The van der Waals surface area contributed by atoms with E-state index in [9.17, 15) is 9.59 Å². The highest BCUT2D eigenvalue weighted by atomic mass is 32.1. The molecule has 3 aromatic rings. The van der Waals surface area contributed by atoms with E-state index in [1.165, 1.54) is 11.3 Å². The van der Waals surface area contributed by atoms with Gasteiger partial charge in [0.1, 0.15) is 21.8 Å². The zero-order valence-electron chi connectivity index (χ0n) is 17.0. The highest BCUT2D eigenvalue weighted by Crippen LogP contribution is 2.18. The molecular formula is C18H22N8O3S. The normalized spacial score (nSPS) is 11.1. The topological polar surface area (TPSA) is 136 Å². The van der Waals surface area contributed by atoms with Crippen LogP contribution >= 0.6 is 11.3 Å². The predicted octanol–water partition coefficient (Wildman–Crippen LogP) is 2.21. The Kier molecular flexibility index (Phi) is 6.26. The second-order valence-electron chi connectivity index (χ2n) is 7.20. The minimum absolute atomic E-state index is 0.169. The number of nitrogens with zero attached hydrogens (tertiary/aromatic N) is 5. The number of rotatable bonds is 6. The van der Waals surface area contributed by atoms with Gasteiger partial charge in [0.25, 0.3) is 5.91 Å². The molecule has 11 nitrogen and oxygen atoms in total. The van der Waals surface area contributed by atoms with Gasteiger partial charge in [-0.05, 0) is 39.8 Å². The van der Waals surface area contributed by atoms with Crippen molar-refractivity contribution >= 4 is 29.2 Å². The fourth-order valence-corrected chi connectivity index (χ4v) is 3.20. The van der Waals surface area contributed by atoms with E-state index in [-0.39, 0.29) is 12.5 Å². The summed E-state index contributed by atoms with van der Waals surface area (Å²) in [5, 5.41) is 11.3. The van der Waals surface area contributed by atoms with Gasteiger partial charge < -0.3 is 10.1 Å². The lowest BCUT2D eigenvalue weighted by Crippen LogP contribution is -2.32. The number of aromatic nitrogens is 5. The average molecular weight is 430 g/mol. The van der Waals surface area contributed by atoms with Crippen LogP contribution in [0, 0.1) is 6.92 Å². The van der Waals surface area contributed by atoms with Crippen LogP contribution in [0.4, 0.5) is 10.6 Å². The van der Waals surface area contributed by atoms with Crippen molar-refractivity contribution in [3.05, 3.63) is 46.4 Å². The summed E-state index contributed by atoms with van der Waals surface area (Å²) >= 11 is 1.18. The van der Waals surface area contributed by atoms with E-state index in [4.69, 9.17) is 4.74 Å². The molecule has 2 amide bonds. The zero-order chi connectivity index (χ0) is 21.7. The summed E-state index contributed by atoms with van der Waals surface area (Å²) in [6.45, 7) is 7.24. The van der Waals surface area contributed by atoms with Crippen LogP contribution in [-0.2, 0) is 11.3 Å². The summed E-state index contributed by atoms with van der Waals surface area (Å²) in [6, 6.07) is 3.42. The lowest BCUT2D eigenvalue weighted by atomic mass is 10.2. The first kappa shape index (κ1) is 21.2. The number of imidazole rings is 1. The van der Waals surface area contributed by atoms with Gasteiger partial charge in [-0.25, -0.2) is 14.8 Å². The number of hydrogen-bond donors (Lipinski definition) is 3. The van der Waals surface area contributed by atoms with Crippen molar-refractivity contribution in [1.29, 1.82) is 0 Å². The molecule has 0 fully saturated rings. The number of carbonyl (C=O) groups is 2. The van der Waals surface area contributed by atoms with Gasteiger partial charge in [-0.2, -0.15) is 0 Å². The van der Waals surface area contributed by atoms with Crippen LogP contribution < -0.4 is 16.2 Å². The van der Waals surface area contributed by atoms with Gasteiger partial charge in [-0.15, -0.1) is 21.5 Å². The van der Waals surface area contributed by atoms with Crippen molar-refractivity contribution in [2.75, 3.05) is 5.43 Å². The van der Waals surface area contributed by atoms with Crippen molar-refractivity contribution in [2.45, 2.75) is 39.8 Å². The SMILES string of the molecule is Cc1nc(CNC(=O)OC(C)(C)C)sc1C(=O)NNc1ccc(-n2ccnc2)nn1. The number of anilines is 1. The Bertz CT molecular complexity index is 1010. The van der Waals surface area contributed by atoms with Crippen molar-refractivity contribution in [3.63, 3.8) is 0 Å². The quantitative estimate of drug-likeness (QED) is 0.507. The third-order valence-electron chi connectivity index (χ3n) is 3.55. The molecule has 0 saturated carbocycles. The van der Waals surface area contributed by atoms with Crippen LogP contribution in [0.1, 0.15) is 41.1 Å². The molecule has 3 N–H and O–H groups in total. The van der Waals surface area contributed by atoms with E-state index in [0.29, 0.717) is 27.2 Å². The van der Waals surface area contributed by atoms with Gasteiger partial charge in [0.05, 0.1) is 12.2 Å². The molecule has 0 aliphatic carbocycles. The van der Waals surface area contributed by atoms with Crippen molar-refractivity contribution in [3.8, 4) is 5.82 Å². The first-order valence-corrected chi connectivity index (χ1v) is 9.84. The number of aryl methyl sites for hydroxylation is 1. The molecule has 0 unspecified atom stereocenters. The maximum absolute atomic E-state index is 12.5. The first-order chi connectivity index (χ1) is 14.2. The zero-order valence-corrected chi connectivity index (χ0v) is 17.8. The van der Waals surface area contributed by atoms with E-state index in [1.54, 1.807) is 63.1 Å². The summed E-state index contributed by atoms with van der Waals surface area (Å²) in [5.41, 5.74) is 5.26. The average Bonchev–Trinajstić information content (AvgIpc) is 3.33.